The first-order valence-electron chi connectivity index (χ1n) is 7.04. The molecule has 0 unspecified atom stereocenters. The van der Waals surface area contributed by atoms with Crippen LogP contribution >= 0.6 is 0 Å². The molecule has 0 aliphatic heterocycles. The average molecular weight is 261 g/mol. The summed E-state index contributed by atoms with van der Waals surface area (Å²) in [6, 6.07) is 7.95. The van der Waals surface area contributed by atoms with E-state index in [1.54, 1.807) is 0 Å². The Morgan fingerprint density at radius 1 is 1.42 bits per heavy atom. The third kappa shape index (κ3) is 4.16. The average Bonchev–Trinajstić information content (AvgIpc) is 2.36. The molecule has 0 bridgehead atoms. The fourth-order valence-corrected chi connectivity index (χ4v) is 2.10. The van der Waals surface area contributed by atoms with Crippen molar-refractivity contribution in [1.29, 1.82) is 0 Å². The summed E-state index contributed by atoms with van der Waals surface area (Å²) in [7, 11) is 0. The lowest BCUT2D eigenvalue weighted by atomic mass is 9.85. The van der Waals surface area contributed by atoms with Crippen molar-refractivity contribution in [3.05, 3.63) is 29.8 Å². The monoisotopic (exact) mass is 261 g/mol. The molecule has 0 amide bonds. The van der Waals surface area contributed by atoms with E-state index in [4.69, 9.17) is 10.5 Å². The normalized spacial score (nSPS) is 15.9. The zero-order valence-electron chi connectivity index (χ0n) is 11.6. The molecule has 4 nitrogen and oxygen atoms in total. The molecule has 1 aliphatic carbocycles. The SMILES string of the molecule is CCOc1ccccc1CN=C(N)NCC1CCC1. The molecular weight excluding hydrogens is 238 g/mol. The zero-order valence-corrected chi connectivity index (χ0v) is 11.6. The molecule has 1 fully saturated rings. The molecule has 1 aromatic carbocycles. The first-order chi connectivity index (χ1) is 9.29. The van der Waals surface area contributed by atoms with Crippen LogP contribution in [0.25, 0.3) is 0 Å². The molecule has 2 rings (SSSR count). The summed E-state index contributed by atoms with van der Waals surface area (Å²) in [6.45, 7) is 4.15. The summed E-state index contributed by atoms with van der Waals surface area (Å²) in [4.78, 5) is 4.37. The van der Waals surface area contributed by atoms with Gasteiger partial charge in [0.1, 0.15) is 5.75 Å². The van der Waals surface area contributed by atoms with Crippen LogP contribution in [0, 0.1) is 5.92 Å². The number of aliphatic imine (C=N–C) groups is 1. The van der Waals surface area contributed by atoms with Crippen molar-refractivity contribution in [1.82, 2.24) is 5.32 Å². The Hall–Kier alpha value is -1.71. The second-order valence-electron chi connectivity index (χ2n) is 4.92. The summed E-state index contributed by atoms with van der Waals surface area (Å²) < 4.78 is 5.56. The van der Waals surface area contributed by atoms with E-state index in [0.29, 0.717) is 19.1 Å². The molecule has 0 radical (unpaired) electrons. The lowest BCUT2D eigenvalue weighted by Gasteiger charge is -2.25. The Kier molecular flexibility index (Phi) is 5.07. The van der Waals surface area contributed by atoms with Gasteiger partial charge in [0.2, 0.25) is 0 Å². The van der Waals surface area contributed by atoms with Gasteiger partial charge in [-0.25, -0.2) is 4.99 Å². The summed E-state index contributed by atoms with van der Waals surface area (Å²) in [5, 5.41) is 3.19. The molecule has 1 aromatic rings. The Morgan fingerprint density at radius 3 is 2.89 bits per heavy atom. The van der Waals surface area contributed by atoms with Crippen LogP contribution in [0.5, 0.6) is 5.75 Å². The molecule has 4 heteroatoms. The molecule has 0 saturated heterocycles. The van der Waals surface area contributed by atoms with Crippen molar-refractivity contribution in [2.24, 2.45) is 16.6 Å². The molecule has 0 aromatic heterocycles. The van der Waals surface area contributed by atoms with Gasteiger partial charge in [0.15, 0.2) is 5.96 Å². The highest BCUT2D eigenvalue weighted by molar-refractivity contribution is 5.77. The minimum absolute atomic E-state index is 0.526. The van der Waals surface area contributed by atoms with Crippen LogP contribution in [0.15, 0.2) is 29.3 Å². The van der Waals surface area contributed by atoms with Gasteiger partial charge in [-0.2, -0.15) is 0 Å². The number of hydrogen-bond donors (Lipinski definition) is 2. The molecule has 19 heavy (non-hydrogen) atoms. The summed E-state index contributed by atoms with van der Waals surface area (Å²) in [5.41, 5.74) is 6.94. The van der Waals surface area contributed by atoms with Gasteiger partial charge in [0.25, 0.3) is 0 Å². The van der Waals surface area contributed by atoms with Crippen molar-refractivity contribution in [2.45, 2.75) is 32.7 Å². The lowest BCUT2D eigenvalue weighted by Crippen LogP contribution is -2.37. The van der Waals surface area contributed by atoms with Crippen LogP contribution in [0.4, 0.5) is 0 Å². The maximum Gasteiger partial charge on any atom is 0.188 e. The third-order valence-corrected chi connectivity index (χ3v) is 3.49. The van der Waals surface area contributed by atoms with Gasteiger partial charge in [-0.15, -0.1) is 0 Å². The number of rotatable bonds is 6. The molecule has 1 saturated carbocycles. The second kappa shape index (κ2) is 7.02. The number of nitrogens with zero attached hydrogens (tertiary/aromatic N) is 1. The van der Waals surface area contributed by atoms with Gasteiger partial charge in [0, 0.05) is 12.1 Å². The van der Waals surface area contributed by atoms with Crippen LogP contribution in [0.2, 0.25) is 0 Å². The van der Waals surface area contributed by atoms with E-state index in [-0.39, 0.29) is 0 Å². The Bertz CT molecular complexity index is 427. The van der Waals surface area contributed by atoms with Crippen molar-refractivity contribution in [2.75, 3.05) is 13.2 Å². The molecule has 3 N–H and O–H groups in total. The zero-order chi connectivity index (χ0) is 13.5. The Balaban J connectivity index is 1.85. The number of nitrogens with two attached hydrogens (primary N) is 1. The van der Waals surface area contributed by atoms with Crippen molar-refractivity contribution in [3.63, 3.8) is 0 Å². The van der Waals surface area contributed by atoms with Crippen LogP contribution in [-0.2, 0) is 6.54 Å². The number of para-hydroxylation sites is 1. The van der Waals surface area contributed by atoms with E-state index >= 15 is 0 Å². The van der Waals surface area contributed by atoms with E-state index in [1.807, 2.05) is 31.2 Å². The molecule has 0 atom stereocenters. The van der Waals surface area contributed by atoms with E-state index in [1.165, 1.54) is 19.3 Å². The maximum absolute atomic E-state index is 5.87. The number of ether oxygens (including phenoxy) is 1. The minimum atomic E-state index is 0.526. The van der Waals surface area contributed by atoms with Gasteiger partial charge < -0.3 is 15.8 Å². The first kappa shape index (κ1) is 13.7. The molecule has 0 spiro atoms. The molecule has 0 heterocycles. The van der Waals surface area contributed by atoms with Gasteiger partial charge in [-0.3, -0.25) is 0 Å². The second-order valence-corrected chi connectivity index (χ2v) is 4.92. The molecule has 1 aliphatic rings. The fourth-order valence-electron chi connectivity index (χ4n) is 2.10. The van der Waals surface area contributed by atoms with Crippen LogP contribution in [0.1, 0.15) is 31.7 Å². The van der Waals surface area contributed by atoms with Crippen molar-refractivity contribution in [3.8, 4) is 5.75 Å². The predicted octanol–water partition coefficient (Wildman–Crippen LogP) is 2.29. The lowest BCUT2D eigenvalue weighted by molar-refractivity contribution is 0.315. The smallest absolute Gasteiger partial charge is 0.188 e. The van der Waals surface area contributed by atoms with Crippen LogP contribution in [0.3, 0.4) is 0 Å². The Labute approximate surface area is 115 Å². The largest absolute Gasteiger partial charge is 0.494 e. The number of nitrogens with one attached hydrogen (secondary N) is 1. The highest BCUT2D eigenvalue weighted by atomic mass is 16.5. The minimum Gasteiger partial charge on any atom is -0.494 e. The standard InChI is InChI=1S/C15H23N3O/c1-2-19-14-9-4-3-8-13(14)11-18-15(16)17-10-12-6-5-7-12/h3-4,8-9,12H,2,5-7,10-11H2,1H3,(H3,16,17,18). The predicted molar refractivity (Wildman–Crippen MR) is 78.3 cm³/mol. The van der Waals surface area contributed by atoms with Gasteiger partial charge in [-0.05, 0) is 31.7 Å². The number of hydrogen-bond acceptors (Lipinski definition) is 2. The molecular formula is C15H23N3O. The van der Waals surface area contributed by atoms with Gasteiger partial charge >= 0.3 is 0 Å². The fraction of sp³-hybridized carbons (Fsp3) is 0.533. The first-order valence-corrected chi connectivity index (χ1v) is 7.04. The van der Waals surface area contributed by atoms with Gasteiger partial charge in [0.05, 0.1) is 13.2 Å². The van der Waals surface area contributed by atoms with Crippen LogP contribution < -0.4 is 15.8 Å². The van der Waals surface area contributed by atoms with Crippen molar-refractivity contribution >= 4 is 5.96 Å². The number of guanidine groups is 1. The van der Waals surface area contributed by atoms with Crippen molar-refractivity contribution < 1.29 is 4.74 Å². The van der Waals surface area contributed by atoms with E-state index in [0.717, 1.165) is 23.8 Å². The van der Waals surface area contributed by atoms with Gasteiger partial charge in [-0.1, -0.05) is 24.6 Å². The summed E-state index contributed by atoms with van der Waals surface area (Å²) in [5.74, 6) is 2.20. The summed E-state index contributed by atoms with van der Waals surface area (Å²) >= 11 is 0. The maximum atomic E-state index is 5.87. The van der Waals surface area contributed by atoms with E-state index < -0.39 is 0 Å². The highest BCUT2D eigenvalue weighted by Gasteiger charge is 2.16. The quantitative estimate of drug-likeness (QED) is 0.610. The van der Waals surface area contributed by atoms with Crippen LogP contribution in [-0.4, -0.2) is 19.1 Å². The third-order valence-electron chi connectivity index (χ3n) is 3.49. The van der Waals surface area contributed by atoms with E-state index in [9.17, 15) is 0 Å². The summed E-state index contributed by atoms with van der Waals surface area (Å²) in [6.07, 6.45) is 3.98. The Morgan fingerprint density at radius 2 is 2.21 bits per heavy atom. The van der Waals surface area contributed by atoms with E-state index in [2.05, 4.69) is 10.3 Å². The topological polar surface area (TPSA) is 59.6 Å². The number of benzene rings is 1. The molecule has 104 valence electrons. The highest BCUT2D eigenvalue weighted by Crippen LogP contribution is 2.25.